The highest BCUT2D eigenvalue weighted by Crippen LogP contribution is 2.35. The number of halogens is 1. The molecule has 118 valence electrons. The molecule has 4 nitrogen and oxygen atoms in total. The summed E-state index contributed by atoms with van der Waals surface area (Å²) in [5, 5.41) is 0.576. The monoisotopic (exact) mass is 330 g/mol. The molecule has 6 heteroatoms. The lowest BCUT2D eigenvalue weighted by atomic mass is 10.2. The van der Waals surface area contributed by atoms with E-state index in [0.29, 0.717) is 16.4 Å². The minimum atomic E-state index is -1.79. The lowest BCUT2D eigenvalue weighted by Gasteiger charge is -2.09. The number of thioether (sulfide) groups is 1. The Bertz CT molecular complexity index is 820. The number of ether oxygens (including phenoxy) is 1. The van der Waals surface area contributed by atoms with E-state index < -0.39 is 11.5 Å². The predicted octanol–water partition coefficient (Wildman–Crippen LogP) is 3.95. The fraction of sp³-hybridized carbons (Fsp3) is 0.176. The van der Waals surface area contributed by atoms with Gasteiger partial charge in [0, 0.05) is 11.8 Å². The van der Waals surface area contributed by atoms with Gasteiger partial charge < -0.3 is 4.74 Å². The zero-order valence-electron chi connectivity index (χ0n) is 12.5. The summed E-state index contributed by atoms with van der Waals surface area (Å²) >= 11 is 0.808. The topological polar surface area (TPSA) is 43.6 Å². The molecule has 1 unspecified atom stereocenters. The van der Waals surface area contributed by atoms with E-state index in [4.69, 9.17) is 4.74 Å². The van der Waals surface area contributed by atoms with Gasteiger partial charge in [0.2, 0.25) is 5.50 Å². The zero-order chi connectivity index (χ0) is 16.2. The quantitative estimate of drug-likeness (QED) is 0.525. The van der Waals surface area contributed by atoms with Gasteiger partial charge in [-0.05, 0) is 19.1 Å². The van der Waals surface area contributed by atoms with Gasteiger partial charge in [-0.2, -0.15) is 0 Å². The van der Waals surface area contributed by atoms with Crippen LogP contribution < -0.4 is 0 Å². The number of hydrogen-bond donors (Lipinski definition) is 0. The van der Waals surface area contributed by atoms with Gasteiger partial charge in [-0.25, -0.2) is 14.2 Å². The highest BCUT2D eigenvalue weighted by atomic mass is 32.2. The third-order valence-corrected chi connectivity index (χ3v) is 4.23. The molecule has 0 aliphatic heterocycles. The number of benzene rings is 1. The molecule has 0 saturated carbocycles. The lowest BCUT2D eigenvalue weighted by molar-refractivity contribution is -0.145. The number of fused-ring (bicyclic) bond motifs is 1. The van der Waals surface area contributed by atoms with Crippen molar-refractivity contribution in [2.45, 2.75) is 17.5 Å². The van der Waals surface area contributed by atoms with E-state index >= 15 is 0 Å². The predicted molar refractivity (Wildman–Crippen MR) is 88.0 cm³/mol. The molecule has 3 rings (SSSR count). The minimum absolute atomic E-state index is 0.151. The van der Waals surface area contributed by atoms with Crippen LogP contribution in [0.5, 0.6) is 0 Å². The molecule has 3 aromatic rings. The highest BCUT2D eigenvalue weighted by Gasteiger charge is 2.25. The molecule has 2 aromatic heterocycles. The SMILES string of the molecule is CCOC(=O)C(F)Sc1c(-c2ccccc2)nc2ccccn12. The van der Waals surface area contributed by atoms with E-state index in [2.05, 4.69) is 4.98 Å². The Morgan fingerprint density at radius 3 is 2.74 bits per heavy atom. The maximum atomic E-state index is 14.2. The number of esters is 1. The third-order valence-electron chi connectivity index (χ3n) is 3.22. The summed E-state index contributed by atoms with van der Waals surface area (Å²) in [5.41, 5.74) is 0.422. The van der Waals surface area contributed by atoms with E-state index in [1.54, 1.807) is 17.5 Å². The Morgan fingerprint density at radius 1 is 1.26 bits per heavy atom. The molecular formula is C17H15FN2O2S. The van der Waals surface area contributed by atoms with Gasteiger partial charge in [0.05, 0.1) is 6.61 Å². The van der Waals surface area contributed by atoms with Crippen LogP contribution in [-0.2, 0) is 9.53 Å². The molecule has 0 bridgehead atoms. The molecule has 0 saturated heterocycles. The number of aromatic nitrogens is 2. The Balaban J connectivity index is 2.05. The Morgan fingerprint density at radius 2 is 2.00 bits per heavy atom. The smallest absolute Gasteiger partial charge is 0.351 e. The number of alkyl halides is 1. The zero-order valence-corrected chi connectivity index (χ0v) is 13.3. The number of carbonyl (C=O) groups excluding carboxylic acids is 1. The van der Waals surface area contributed by atoms with E-state index in [9.17, 15) is 9.18 Å². The molecule has 0 spiro atoms. The number of nitrogens with zero attached hydrogens (tertiary/aromatic N) is 2. The standard InChI is InChI=1S/C17H15FN2O2S/c1-2-22-17(21)15(18)23-16-14(12-8-4-3-5-9-12)19-13-10-6-7-11-20(13)16/h3-11,15H,2H2,1H3. The number of rotatable bonds is 5. The van der Waals surface area contributed by atoms with Gasteiger partial charge >= 0.3 is 5.97 Å². The molecule has 0 aliphatic rings. The Labute approximate surface area is 137 Å². The molecule has 0 fully saturated rings. The van der Waals surface area contributed by atoms with E-state index in [1.165, 1.54) is 0 Å². The van der Waals surface area contributed by atoms with Crippen molar-refractivity contribution in [3.63, 3.8) is 0 Å². The number of pyridine rings is 1. The summed E-state index contributed by atoms with van der Waals surface area (Å²) < 4.78 is 20.7. The van der Waals surface area contributed by atoms with Crippen LogP contribution in [0.25, 0.3) is 16.9 Å². The van der Waals surface area contributed by atoms with Crippen LogP contribution in [-0.4, -0.2) is 27.5 Å². The molecule has 2 heterocycles. The van der Waals surface area contributed by atoms with Crippen LogP contribution in [0.3, 0.4) is 0 Å². The van der Waals surface area contributed by atoms with Crippen LogP contribution in [0.4, 0.5) is 4.39 Å². The molecular weight excluding hydrogens is 315 g/mol. The largest absolute Gasteiger partial charge is 0.463 e. The van der Waals surface area contributed by atoms with Crippen molar-refractivity contribution in [1.29, 1.82) is 0 Å². The molecule has 1 aromatic carbocycles. The van der Waals surface area contributed by atoms with E-state index in [1.807, 2.05) is 48.5 Å². The average Bonchev–Trinajstić information content (AvgIpc) is 2.94. The second-order valence-electron chi connectivity index (χ2n) is 4.75. The van der Waals surface area contributed by atoms with Crippen molar-refractivity contribution < 1.29 is 13.9 Å². The summed E-state index contributed by atoms with van der Waals surface area (Å²) in [7, 11) is 0. The van der Waals surface area contributed by atoms with Crippen LogP contribution in [0.1, 0.15) is 6.92 Å². The summed E-state index contributed by atoms with van der Waals surface area (Å²) in [6.45, 7) is 1.80. The van der Waals surface area contributed by atoms with Crippen LogP contribution in [0.15, 0.2) is 59.8 Å². The fourth-order valence-corrected chi connectivity index (χ4v) is 3.13. The van der Waals surface area contributed by atoms with Gasteiger partial charge in [-0.1, -0.05) is 48.2 Å². The fourth-order valence-electron chi connectivity index (χ4n) is 2.22. The van der Waals surface area contributed by atoms with Crippen molar-refractivity contribution in [1.82, 2.24) is 9.38 Å². The Kier molecular flexibility index (Phi) is 4.62. The normalized spacial score (nSPS) is 12.3. The number of hydrogen-bond acceptors (Lipinski definition) is 4. The van der Waals surface area contributed by atoms with E-state index in [0.717, 1.165) is 17.3 Å². The van der Waals surface area contributed by atoms with Gasteiger partial charge in [0.1, 0.15) is 16.4 Å². The summed E-state index contributed by atoms with van der Waals surface area (Å²) in [6, 6.07) is 15.1. The van der Waals surface area contributed by atoms with Crippen LogP contribution >= 0.6 is 11.8 Å². The second kappa shape index (κ2) is 6.83. The van der Waals surface area contributed by atoms with Gasteiger partial charge in [-0.3, -0.25) is 4.40 Å². The maximum Gasteiger partial charge on any atom is 0.351 e. The summed E-state index contributed by atoms with van der Waals surface area (Å²) in [4.78, 5) is 16.2. The molecule has 1 atom stereocenters. The van der Waals surface area contributed by atoms with Crippen molar-refractivity contribution in [3.05, 3.63) is 54.7 Å². The van der Waals surface area contributed by atoms with Crippen molar-refractivity contribution in [2.24, 2.45) is 0 Å². The molecule has 0 N–H and O–H groups in total. The second-order valence-corrected chi connectivity index (χ2v) is 5.78. The first-order chi connectivity index (χ1) is 11.2. The van der Waals surface area contributed by atoms with Gasteiger partial charge in [0.25, 0.3) is 0 Å². The van der Waals surface area contributed by atoms with Crippen molar-refractivity contribution in [3.8, 4) is 11.3 Å². The lowest BCUT2D eigenvalue weighted by Crippen LogP contribution is -2.15. The first-order valence-corrected chi connectivity index (χ1v) is 8.08. The first-order valence-electron chi connectivity index (χ1n) is 7.20. The number of imidazole rings is 1. The molecule has 23 heavy (non-hydrogen) atoms. The van der Waals surface area contributed by atoms with Crippen LogP contribution in [0, 0.1) is 0 Å². The molecule has 0 radical (unpaired) electrons. The highest BCUT2D eigenvalue weighted by molar-refractivity contribution is 8.00. The first kappa shape index (κ1) is 15.6. The average molecular weight is 330 g/mol. The summed E-state index contributed by atoms with van der Waals surface area (Å²) in [6.07, 6.45) is 1.80. The molecule has 0 amide bonds. The number of carbonyl (C=O) groups is 1. The Hall–Kier alpha value is -2.34. The van der Waals surface area contributed by atoms with E-state index in [-0.39, 0.29) is 6.61 Å². The van der Waals surface area contributed by atoms with Crippen molar-refractivity contribution in [2.75, 3.05) is 6.61 Å². The van der Waals surface area contributed by atoms with Gasteiger partial charge in [0.15, 0.2) is 0 Å². The maximum absolute atomic E-state index is 14.2. The minimum Gasteiger partial charge on any atom is -0.463 e. The third kappa shape index (κ3) is 3.22. The summed E-state index contributed by atoms with van der Waals surface area (Å²) in [5.74, 6) is -0.873. The van der Waals surface area contributed by atoms with Gasteiger partial charge in [-0.15, -0.1) is 0 Å². The van der Waals surface area contributed by atoms with Crippen molar-refractivity contribution >= 4 is 23.4 Å². The molecule has 0 aliphatic carbocycles. The van der Waals surface area contributed by atoms with Crippen LogP contribution in [0.2, 0.25) is 0 Å².